The first-order chi connectivity index (χ1) is 12.8. The van der Waals surface area contributed by atoms with Crippen LogP contribution in [-0.4, -0.2) is 36.1 Å². The van der Waals surface area contributed by atoms with Crippen LogP contribution in [0.1, 0.15) is 23.6 Å². The van der Waals surface area contributed by atoms with Crippen LogP contribution in [0, 0.1) is 18.6 Å². The average molecular weight is 420 g/mol. The van der Waals surface area contributed by atoms with Gasteiger partial charge in [-0.25, -0.2) is 8.78 Å². The van der Waals surface area contributed by atoms with Crippen molar-refractivity contribution in [3.63, 3.8) is 0 Å². The van der Waals surface area contributed by atoms with Crippen molar-refractivity contribution in [3.05, 3.63) is 63.1 Å². The Morgan fingerprint density at radius 2 is 1.85 bits per heavy atom. The number of nitrogens with one attached hydrogen (secondary N) is 1. The van der Waals surface area contributed by atoms with Gasteiger partial charge in [0, 0.05) is 25.3 Å². The summed E-state index contributed by atoms with van der Waals surface area (Å²) in [6, 6.07) is 6.86. The lowest BCUT2D eigenvalue weighted by Gasteiger charge is -2.21. The van der Waals surface area contributed by atoms with Crippen LogP contribution in [0.25, 0.3) is 0 Å². The molecule has 3 N–H and O–H groups in total. The Morgan fingerprint density at radius 1 is 1.11 bits per heavy atom. The van der Waals surface area contributed by atoms with Crippen LogP contribution < -0.4 is 10.1 Å². The van der Waals surface area contributed by atoms with Gasteiger partial charge in [0.05, 0.1) is 10.0 Å². The van der Waals surface area contributed by atoms with Gasteiger partial charge in [-0.1, -0.05) is 29.3 Å². The van der Waals surface area contributed by atoms with E-state index in [1.54, 1.807) is 18.2 Å². The number of hydrogen-bond acceptors (Lipinski definition) is 4. The Hall–Kier alpha value is -1.44. The van der Waals surface area contributed by atoms with Crippen molar-refractivity contribution in [1.82, 2.24) is 5.32 Å². The van der Waals surface area contributed by atoms with E-state index in [0.717, 1.165) is 11.6 Å². The van der Waals surface area contributed by atoms with Crippen molar-refractivity contribution in [2.45, 2.75) is 25.5 Å². The molecule has 2 unspecified atom stereocenters. The maximum Gasteiger partial charge on any atom is 0.167 e. The van der Waals surface area contributed by atoms with Gasteiger partial charge in [0.2, 0.25) is 0 Å². The molecule has 0 saturated carbocycles. The summed E-state index contributed by atoms with van der Waals surface area (Å²) in [6.07, 6.45) is -0.546. The Balaban J connectivity index is 1.92. The fourth-order valence-electron chi connectivity index (χ4n) is 2.51. The highest BCUT2D eigenvalue weighted by Gasteiger charge is 2.16. The molecule has 0 radical (unpaired) electrons. The van der Waals surface area contributed by atoms with Crippen LogP contribution in [0.3, 0.4) is 0 Å². The largest absolute Gasteiger partial charge is 0.488 e. The maximum atomic E-state index is 13.7. The molecular weight excluding hydrogens is 399 g/mol. The third-order valence-electron chi connectivity index (χ3n) is 4.01. The molecule has 0 saturated heterocycles. The van der Waals surface area contributed by atoms with Crippen LogP contribution in [-0.2, 0) is 0 Å². The molecule has 2 aromatic rings. The van der Waals surface area contributed by atoms with Gasteiger partial charge in [0.1, 0.15) is 18.5 Å². The SMILES string of the molecule is Cc1cc(OCC(O)CNC(CCO)c2ccc(Cl)c(Cl)c2)c(F)cc1F. The molecule has 0 fully saturated rings. The summed E-state index contributed by atoms with van der Waals surface area (Å²) in [7, 11) is 0. The molecule has 148 valence electrons. The molecule has 2 aromatic carbocycles. The first kappa shape index (κ1) is 21.9. The van der Waals surface area contributed by atoms with E-state index < -0.39 is 17.7 Å². The van der Waals surface area contributed by atoms with Crippen LogP contribution >= 0.6 is 23.2 Å². The summed E-state index contributed by atoms with van der Waals surface area (Å²) in [5.41, 5.74) is 1.06. The normalized spacial score (nSPS) is 13.4. The van der Waals surface area contributed by atoms with Crippen molar-refractivity contribution in [3.8, 4) is 5.75 Å². The molecule has 0 aliphatic rings. The summed E-state index contributed by atoms with van der Waals surface area (Å²) >= 11 is 11.9. The number of aliphatic hydroxyl groups is 2. The molecule has 0 aliphatic carbocycles. The second-order valence-corrected chi connectivity index (χ2v) is 6.96. The topological polar surface area (TPSA) is 61.7 Å². The molecule has 0 spiro atoms. The molecule has 0 amide bonds. The number of benzene rings is 2. The van der Waals surface area contributed by atoms with E-state index in [4.69, 9.17) is 27.9 Å². The van der Waals surface area contributed by atoms with E-state index in [-0.39, 0.29) is 37.1 Å². The lowest BCUT2D eigenvalue weighted by molar-refractivity contribution is 0.0998. The molecule has 8 heteroatoms. The Kier molecular flexibility index (Phi) is 8.26. The number of ether oxygens (including phenoxy) is 1. The first-order valence-electron chi connectivity index (χ1n) is 8.37. The van der Waals surface area contributed by atoms with Gasteiger partial charge in [0.15, 0.2) is 11.6 Å². The lowest BCUT2D eigenvalue weighted by Crippen LogP contribution is -2.34. The van der Waals surface area contributed by atoms with E-state index in [1.165, 1.54) is 13.0 Å². The summed E-state index contributed by atoms with van der Waals surface area (Å²) in [6.45, 7) is 1.38. The highest BCUT2D eigenvalue weighted by Crippen LogP contribution is 2.27. The second kappa shape index (κ2) is 10.2. The predicted molar refractivity (Wildman–Crippen MR) is 102 cm³/mol. The minimum absolute atomic E-state index is 0.0649. The minimum atomic E-state index is -0.946. The highest BCUT2D eigenvalue weighted by atomic mass is 35.5. The summed E-state index contributed by atoms with van der Waals surface area (Å²) in [5.74, 6) is -1.60. The van der Waals surface area contributed by atoms with Crippen molar-refractivity contribution in [2.75, 3.05) is 19.8 Å². The molecule has 2 atom stereocenters. The van der Waals surface area contributed by atoms with Crippen LogP contribution in [0.5, 0.6) is 5.75 Å². The number of hydrogen-bond donors (Lipinski definition) is 3. The van der Waals surface area contributed by atoms with Crippen molar-refractivity contribution >= 4 is 23.2 Å². The standard InChI is InChI=1S/C19H21Cl2F2NO3/c1-11-6-19(17(23)8-16(11)22)27-10-13(26)9-24-18(4-5-25)12-2-3-14(20)15(21)7-12/h2-3,6-8,13,18,24-26H,4-5,9-10H2,1H3. The molecule has 2 rings (SSSR count). The molecule has 27 heavy (non-hydrogen) atoms. The third kappa shape index (κ3) is 6.30. The van der Waals surface area contributed by atoms with Crippen LogP contribution in [0.4, 0.5) is 8.78 Å². The van der Waals surface area contributed by atoms with Gasteiger partial charge in [-0.15, -0.1) is 0 Å². The van der Waals surface area contributed by atoms with Crippen LogP contribution in [0.15, 0.2) is 30.3 Å². The fraction of sp³-hybridized carbons (Fsp3) is 0.368. The molecule has 0 heterocycles. The molecule has 0 aliphatic heterocycles. The number of rotatable bonds is 9. The monoisotopic (exact) mass is 419 g/mol. The molecule has 0 aromatic heterocycles. The molecule has 0 bridgehead atoms. The van der Waals surface area contributed by atoms with Crippen molar-refractivity contribution in [1.29, 1.82) is 0 Å². The van der Waals surface area contributed by atoms with Crippen molar-refractivity contribution < 1.29 is 23.7 Å². The Labute approximate surface area is 166 Å². The number of aryl methyl sites for hydroxylation is 1. The first-order valence-corrected chi connectivity index (χ1v) is 9.13. The maximum absolute atomic E-state index is 13.7. The number of aliphatic hydroxyl groups excluding tert-OH is 2. The summed E-state index contributed by atoms with van der Waals surface area (Å²) in [5, 5.41) is 23.3. The van der Waals surface area contributed by atoms with E-state index in [0.29, 0.717) is 16.5 Å². The summed E-state index contributed by atoms with van der Waals surface area (Å²) in [4.78, 5) is 0. The lowest BCUT2D eigenvalue weighted by atomic mass is 10.0. The zero-order valence-corrected chi connectivity index (χ0v) is 16.2. The fourth-order valence-corrected chi connectivity index (χ4v) is 2.82. The zero-order valence-electron chi connectivity index (χ0n) is 14.7. The van der Waals surface area contributed by atoms with Crippen molar-refractivity contribution in [2.24, 2.45) is 0 Å². The van der Waals surface area contributed by atoms with Gasteiger partial charge in [0.25, 0.3) is 0 Å². The smallest absolute Gasteiger partial charge is 0.167 e. The molecular formula is C19H21Cl2F2NO3. The summed E-state index contributed by atoms with van der Waals surface area (Å²) < 4.78 is 32.2. The second-order valence-electron chi connectivity index (χ2n) is 6.14. The Bertz CT molecular complexity index is 777. The average Bonchev–Trinajstić information content (AvgIpc) is 2.63. The predicted octanol–water partition coefficient (Wildman–Crippen LogP) is 4.03. The van der Waals surface area contributed by atoms with Crippen LogP contribution in [0.2, 0.25) is 10.0 Å². The number of halogens is 4. The van der Waals surface area contributed by atoms with Gasteiger partial charge in [-0.2, -0.15) is 0 Å². The third-order valence-corrected chi connectivity index (χ3v) is 4.75. The quantitative estimate of drug-likeness (QED) is 0.573. The van der Waals surface area contributed by atoms with E-state index in [1.807, 2.05) is 0 Å². The van der Waals surface area contributed by atoms with E-state index in [9.17, 15) is 19.0 Å². The van der Waals surface area contributed by atoms with Gasteiger partial charge >= 0.3 is 0 Å². The van der Waals surface area contributed by atoms with Gasteiger partial charge in [-0.3, -0.25) is 0 Å². The Morgan fingerprint density at radius 3 is 2.52 bits per heavy atom. The van der Waals surface area contributed by atoms with E-state index >= 15 is 0 Å². The molecule has 4 nitrogen and oxygen atoms in total. The van der Waals surface area contributed by atoms with Gasteiger partial charge < -0.3 is 20.3 Å². The van der Waals surface area contributed by atoms with Gasteiger partial charge in [-0.05, 0) is 42.7 Å². The zero-order chi connectivity index (χ0) is 20.0. The van der Waals surface area contributed by atoms with E-state index in [2.05, 4.69) is 5.32 Å². The minimum Gasteiger partial charge on any atom is -0.488 e. The highest BCUT2D eigenvalue weighted by molar-refractivity contribution is 6.42.